The van der Waals surface area contributed by atoms with Gasteiger partial charge in [0.15, 0.2) is 5.01 Å². The molecule has 2 N–H and O–H groups in total. The van der Waals surface area contributed by atoms with E-state index in [9.17, 15) is 4.79 Å². The summed E-state index contributed by atoms with van der Waals surface area (Å²) in [5.41, 5.74) is 7.95. The third-order valence-corrected chi connectivity index (χ3v) is 6.32. The Kier molecular flexibility index (Phi) is 6.21. The summed E-state index contributed by atoms with van der Waals surface area (Å²) in [5, 5.41) is 13.9. The zero-order valence-corrected chi connectivity index (χ0v) is 20.4. The van der Waals surface area contributed by atoms with Crippen molar-refractivity contribution in [1.29, 1.82) is 0 Å². The fourth-order valence-electron chi connectivity index (χ4n) is 3.63. The number of nitrogens with one attached hydrogen (secondary N) is 2. The predicted molar refractivity (Wildman–Crippen MR) is 136 cm³/mol. The van der Waals surface area contributed by atoms with Crippen LogP contribution >= 0.6 is 11.3 Å². The Morgan fingerprint density at radius 3 is 2.89 bits per heavy atom. The normalized spacial score (nSPS) is 14.5. The van der Waals surface area contributed by atoms with Gasteiger partial charge in [-0.3, -0.25) is 25.5 Å². The molecule has 1 aromatic carbocycles. The monoisotopic (exact) mass is 484 g/mol. The zero-order valence-electron chi connectivity index (χ0n) is 19.6. The molecule has 8 nitrogen and oxygen atoms in total. The SMILES string of the molecule is COc1cnc(C)cc1-c1cc(C2=CC=CN(C)N2)ccc1C(=O)Nc1nnc(C#CC2CC2)s1. The Hall–Kier alpha value is -4.16. The number of pyridine rings is 1. The summed E-state index contributed by atoms with van der Waals surface area (Å²) in [6, 6.07) is 7.62. The van der Waals surface area contributed by atoms with Crippen LogP contribution in [0.1, 0.15) is 39.5 Å². The highest BCUT2D eigenvalue weighted by molar-refractivity contribution is 7.15. The maximum atomic E-state index is 13.4. The van der Waals surface area contributed by atoms with Crippen LogP contribution in [0.2, 0.25) is 0 Å². The summed E-state index contributed by atoms with van der Waals surface area (Å²) in [6.07, 6.45) is 9.83. The van der Waals surface area contributed by atoms with Gasteiger partial charge >= 0.3 is 0 Å². The molecule has 1 amide bonds. The second-order valence-corrected chi connectivity index (χ2v) is 9.32. The molecular formula is C26H24N6O2S. The highest BCUT2D eigenvalue weighted by Gasteiger charge is 2.21. The Labute approximate surface area is 207 Å². The van der Waals surface area contributed by atoms with Gasteiger partial charge in [0.05, 0.1) is 19.0 Å². The molecular weight excluding hydrogens is 460 g/mol. The predicted octanol–water partition coefficient (Wildman–Crippen LogP) is 4.24. The number of nitrogens with zero attached hydrogens (tertiary/aromatic N) is 4. The van der Waals surface area contributed by atoms with E-state index in [1.54, 1.807) is 13.3 Å². The molecule has 0 spiro atoms. The standard InChI is InChI=1S/C26H24N6O2S/c1-16-13-21(23(34-3)15-27-16)20-14-18(22-5-4-12-32(2)31-22)9-10-19(20)25(33)28-26-30-29-24(35-26)11-8-17-6-7-17/h4-5,9-10,12-15,17,31H,6-7H2,1-3H3,(H,28,30,33). The lowest BCUT2D eigenvalue weighted by molar-refractivity contribution is 0.102. The third kappa shape index (κ3) is 5.18. The number of carbonyl (C=O) groups is 1. The molecule has 0 saturated heterocycles. The molecule has 1 aliphatic heterocycles. The number of benzene rings is 1. The van der Waals surface area contributed by atoms with E-state index in [4.69, 9.17) is 4.74 Å². The van der Waals surface area contributed by atoms with Crippen molar-refractivity contribution in [3.8, 4) is 28.7 Å². The maximum Gasteiger partial charge on any atom is 0.258 e. The van der Waals surface area contributed by atoms with Crippen molar-refractivity contribution in [1.82, 2.24) is 25.6 Å². The Morgan fingerprint density at radius 2 is 2.11 bits per heavy atom. The van der Waals surface area contributed by atoms with Gasteiger partial charge in [-0.15, -0.1) is 10.2 Å². The number of rotatable bonds is 5. The molecule has 176 valence electrons. The minimum Gasteiger partial charge on any atom is -0.494 e. The first-order valence-corrected chi connectivity index (χ1v) is 12.0. The highest BCUT2D eigenvalue weighted by Crippen LogP contribution is 2.35. The van der Waals surface area contributed by atoms with Gasteiger partial charge in [-0.1, -0.05) is 23.3 Å². The second-order valence-electron chi connectivity index (χ2n) is 8.34. The average Bonchev–Trinajstić information content (AvgIpc) is 3.60. The van der Waals surface area contributed by atoms with E-state index in [1.165, 1.54) is 11.3 Å². The van der Waals surface area contributed by atoms with Crippen LogP contribution < -0.4 is 15.5 Å². The molecule has 0 bridgehead atoms. The number of hydrogen-bond acceptors (Lipinski definition) is 8. The van der Waals surface area contributed by atoms with Crippen LogP contribution in [-0.4, -0.2) is 40.3 Å². The first-order chi connectivity index (χ1) is 17.0. The number of anilines is 1. The fourth-order valence-corrected chi connectivity index (χ4v) is 4.23. The van der Waals surface area contributed by atoms with Gasteiger partial charge in [0, 0.05) is 41.5 Å². The van der Waals surface area contributed by atoms with Gasteiger partial charge in [0.1, 0.15) is 5.75 Å². The summed E-state index contributed by atoms with van der Waals surface area (Å²) in [6.45, 7) is 1.91. The number of carbonyl (C=O) groups excluding carboxylic acids is 1. The Balaban J connectivity index is 1.52. The van der Waals surface area contributed by atoms with Crippen LogP contribution in [0.3, 0.4) is 0 Å². The largest absolute Gasteiger partial charge is 0.494 e. The third-order valence-electron chi connectivity index (χ3n) is 5.56. The average molecular weight is 485 g/mol. The Morgan fingerprint density at radius 1 is 1.26 bits per heavy atom. The van der Waals surface area contributed by atoms with Crippen molar-refractivity contribution in [3.05, 3.63) is 70.6 Å². The lowest BCUT2D eigenvalue weighted by Crippen LogP contribution is -2.29. The number of amides is 1. The smallest absolute Gasteiger partial charge is 0.258 e. The van der Waals surface area contributed by atoms with Crippen molar-refractivity contribution in [3.63, 3.8) is 0 Å². The number of methoxy groups -OCH3 is 1. The van der Waals surface area contributed by atoms with Crippen LogP contribution in [0.25, 0.3) is 16.8 Å². The van der Waals surface area contributed by atoms with Crippen molar-refractivity contribution in [2.24, 2.45) is 5.92 Å². The van der Waals surface area contributed by atoms with Crippen LogP contribution in [0, 0.1) is 24.7 Å². The van der Waals surface area contributed by atoms with E-state index < -0.39 is 0 Å². The molecule has 35 heavy (non-hydrogen) atoms. The van der Waals surface area contributed by atoms with E-state index in [0.717, 1.165) is 40.9 Å². The fraction of sp³-hybridized carbons (Fsp3) is 0.231. The zero-order chi connectivity index (χ0) is 24.4. The van der Waals surface area contributed by atoms with Crippen LogP contribution in [0.15, 0.2) is 48.8 Å². The number of aryl methyl sites for hydroxylation is 1. The molecule has 3 heterocycles. The van der Waals surface area contributed by atoms with E-state index >= 15 is 0 Å². The summed E-state index contributed by atoms with van der Waals surface area (Å²) in [7, 11) is 3.52. The van der Waals surface area contributed by atoms with Crippen molar-refractivity contribution >= 4 is 28.1 Å². The van der Waals surface area contributed by atoms with Gasteiger partial charge in [0.2, 0.25) is 5.13 Å². The van der Waals surface area contributed by atoms with Crippen molar-refractivity contribution in [2.75, 3.05) is 19.5 Å². The summed E-state index contributed by atoms with van der Waals surface area (Å²) >= 11 is 1.27. The summed E-state index contributed by atoms with van der Waals surface area (Å²) < 4.78 is 5.59. The molecule has 0 atom stereocenters. The lowest BCUT2D eigenvalue weighted by atomic mass is 9.95. The molecule has 0 unspecified atom stereocenters. The van der Waals surface area contributed by atoms with Crippen LogP contribution in [0.4, 0.5) is 5.13 Å². The van der Waals surface area contributed by atoms with Crippen LogP contribution in [0.5, 0.6) is 5.75 Å². The molecule has 1 fully saturated rings. The minimum absolute atomic E-state index is 0.288. The van der Waals surface area contributed by atoms with Gasteiger partial charge in [-0.2, -0.15) is 0 Å². The topological polar surface area (TPSA) is 92.3 Å². The molecule has 9 heteroatoms. The highest BCUT2D eigenvalue weighted by atomic mass is 32.1. The molecule has 5 rings (SSSR count). The summed E-state index contributed by atoms with van der Waals surface area (Å²) in [4.78, 5) is 17.7. The number of allylic oxidation sites excluding steroid dienone is 2. The number of aromatic nitrogens is 3. The van der Waals surface area contributed by atoms with Crippen molar-refractivity contribution in [2.45, 2.75) is 19.8 Å². The number of hydrazine groups is 1. The van der Waals surface area contributed by atoms with E-state index in [-0.39, 0.29) is 5.91 Å². The van der Waals surface area contributed by atoms with Gasteiger partial charge in [-0.25, -0.2) is 0 Å². The molecule has 1 saturated carbocycles. The van der Waals surface area contributed by atoms with Crippen molar-refractivity contribution < 1.29 is 9.53 Å². The second kappa shape index (κ2) is 9.60. The quantitative estimate of drug-likeness (QED) is 0.524. The molecule has 0 radical (unpaired) electrons. The van der Waals surface area contributed by atoms with Gasteiger partial charge in [0.25, 0.3) is 5.91 Å². The van der Waals surface area contributed by atoms with Gasteiger partial charge < -0.3 is 4.74 Å². The first-order valence-electron chi connectivity index (χ1n) is 11.2. The minimum atomic E-state index is -0.288. The first kappa shape index (κ1) is 22.6. The van der Waals surface area contributed by atoms with E-state index in [2.05, 4.69) is 37.8 Å². The van der Waals surface area contributed by atoms with E-state index in [1.807, 2.05) is 61.6 Å². The number of hydrogen-bond donors (Lipinski definition) is 2. The van der Waals surface area contributed by atoms with Gasteiger partial charge in [-0.05, 0) is 61.6 Å². The number of ether oxygens (including phenoxy) is 1. The molecule has 2 aromatic heterocycles. The molecule has 3 aromatic rings. The maximum absolute atomic E-state index is 13.4. The Bertz CT molecular complexity index is 1410. The summed E-state index contributed by atoms with van der Waals surface area (Å²) in [5.74, 6) is 6.98. The van der Waals surface area contributed by atoms with Crippen LogP contribution in [-0.2, 0) is 0 Å². The van der Waals surface area contributed by atoms with E-state index in [0.29, 0.717) is 27.4 Å². The molecule has 2 aliphatic rings. The lowest BCUT2D eigenvalue weighted by Gasteiger charge is -2.23. The molecule has 1 aliphatic carbocycles.